The molecule has 0 aromatic rings. The predicted molar refractivity (Wildman–Crippen MR) is 34.9 cm³/mol. The van der Waals surface area contributed by atoms with E-state index in [0.29, 0.717) is 6.54 Å². The third kappa shape index (κ3) is 33.2. The van der Waals surface area contributed by atoms with E-state index in [0.717, 1.165) is 6.42 Å². The van der Waals surface area contributed by atoms with E-state index in [1.807, 2.05) is 0 Å². The van der Waals surface area contributed by atoms with Crippen molar-refractivity contribution in [1.29, 1.82) is 0 Å². The molecule has 0 radical (unpaired) electrons. The zero-order chi connectivity index (χ0) is 7.54. The van der Waals surface area contributed by atoms with Gasteiger partial charge in [0.15, 0.2) is 0 Å². The molecule has 0 aromatic heterocycles. The molecular formula is C5H15NO3. The highest BCUT2D eigenvalue weighted by Gasteiger charge is 1.69. The van der Waals surface area contributed by atoms with Gasteiger partial charge in [-0.05, 0) is 13.0 Å². The zero-order valence-electron chi connectivity index (χ0n) is 5.45. The number of hydrogen-bond acceptors (Lipinski definition) is 4. The summed E-state index contributed by atoms with van der Waals surface area (Å²) in [6.07, 6.45) is 0.722. The van der Waals surface area contributed by atoms with Crippen LogP contribution in [0.5, 0.6) is 0 Å². The molecule has 0 heterocycles. The number of aliphatic hydroxyl groups is 3. The van der Waals surface area contributed by atoms with Gasteiger partial charge in [0.1, 0.15) is 0 Å². The molecule has 0 fully saturated rings. The molecule has 4 nitrogen and oxygen atoms in total. The molecule has 0 aliphatic heterocycles. The van der Waals surface area contributed by atoms with Crippen LogP contribution < -0.4 is 5.73 Å². The molecule has 58 valence electrons. The average Bonchev–Trinajstić information content (AvgIpc) is 1.91. The lowest BCUT2D eigenvalue weighted by Crippen LogP contribution is -1.99. The van der Waals surface area contributed by atoms with E-state index in [-0.39, 0.29) is 19.8 Å². The van der Waals surface area contributed by atoms with Gasteiger partial charge in [0.2, 0.25) is 0 Å². The molecule has 4 heteroatoms. The third-order valence-corrected chi connectivity index (χ3v) is 0.462. The maximum Gasteiger partial charge on any atom is 0.0662 e. The SMILES string of the molecule is NCCCO.OCCO. The van der Waals surface area contributed by atoms with Gasteiger partial charge in [0, 0.05) is 6.61 Å². The highest BCUT2D eigenvalue weighted by atomic mass is 16.3. The van der Waals surface area contributed by atoms with E-state index in [9.17, 15) is 0 Å². The molecule has 0 aliphatic carbocycles. The van der Waals surface area contributed by atoms with Gasteiger partial charge in [-0.2, -0.15) is 0 Å². The van der Waals surface area contributed by atoms with Crippen LogP contribution in [0.25, 0.3) is 0 Å². The molecule has 0 saturated heterocycles. The molecule has 0 aliphatic rings. The highest BCUT2D eigenvalue weighted by molar-refractivity contribution is 4.28. The van der Waals surface area contributed by atoms with E-state index >= 15 is 0 Å². The second kappa shape index (κ2) is 15.7. The van der Waals surface area contributed by atoms with Gasteiger partial charge in [-0.1, -0.05) is 0 Å². The number of nitrogens with two attached hydrogens (primary N) is 1. The highest BCUT2D eigenvalue weighted by Crippen LogP contribution is 1.62. The van der Waals surface area contributed by atoms with Crippen molar-refractivity contribution in [1.82, 2.24) is 0 Å². The Morgan fingerprint density at radius 1 is 0.889 bits per heavy atom. The molecule has 0 spiro atoms. The minimum atomic E-state index is -0.125. The van der Waals surface area contributed by atoms with Crippen LogP contribution in [0.15, 0.2) is 0 Å². The van der Waals surface area contributed by atoms with Crippen LogP contribution in [0.3, 0.4) is 0 Å². The quantitative estimate of drug-likeness (QED) is 0.373. The molecule has 0 unspecified atom stereocenters. The van der Waals surface area contributed by atoms with Crippen LogP contribution in [0, 0.1) is 0 Å². The van der Waals surface area contributed by atoms with Gasteiger partial charge in [0.05, 0.1) is 13.2 Å². The van der Waals surface area contributed by atoms with E-state index in [2.05, 4.69) is 0 Å². The summed E-state index contributed by atoms with van der Waals surface area (Å²) in [5.41, 5.74) is 4.98. The summed E-state index contributed by atoms with van der Waals surface area (Å²) >= 11 is 0. The first-order valence-corrected chi connectivity index (χ1v) is 2.86. The minimum absolute atomic E-state index is 0.125. The summed E-state index contributed by atoms with van der Waals surface area (Å²) in [5, 5.41) is 23.2. The Balaban J connectivity index is 0. The molecule has 0 aromatic carbocycles. The Morgan fingerprint density at radius 2 is 1.33 bits per heavy atom. The zero-order valence-corrected chi connectivity index (χ0v) is 5.45. The van der Waals surface area contributed by atoms with Crippen molar-refractivity contribution in [2.24, 2.45) is 5.73 Å². The fourth-order valence-electron chi connectivity index (χ4n) is 0.0913. The van der Waals surface area contributed by atoms with E-state index in [1.54, 1.807) is 0 Å². The largest absolute Gasteiger partial charge is 0.396 e. The standard InChI is InChI=1S/C3H9NO.C2H6O2/c4-2-1-3-5;3-1-2-4/h5H,1-4H2;3-4H,1-2H2. The van der Waals surface area contributed by atoms with Crippen LogP contribution in [-0.4, -0.2) is 41.7 Å². The maximum absolute atomic E-state index is 7.99. The van der Waals surface area contributed by atoms with Gasteiger partial charge in [0.25, 0.3) is 0 Å². The third-order valence-electron chi connectivity index (χ3n) is 0.462. The normalized spacial score (nSPS) is 8.00. The van der Waals surface area contributed by atoms with Crippen LogP contribution in [0.1, 0.15) is 6.42 Å². The number of hydrogen-bond donors (Lipinski definition) is 4. The van der Waals surface area contributed by atoms with Crippen molar-refractivity contribution in [3.05, 3.63) is 0 Å². The van der Waals surface area contributed by atoms with E-state index in [1.165, 1.54) is 0 Å². The second-order valence-corrected chi connectivity index (χ2v) is 1.31. The monoisotopic (exact) mass is 137 g/mol. The Bertz CT molecular complexity index is 31.4. The fourth-order valence-corrected chi connectivity index (χ4v) is 0.0913. The Morgan fingerprint density at radius 3 is 1.33 bits per heavy atom. The van der Waals surface area contributed by atoms with Crippen molar-refractivity contribution >= 4 is 0 Å². The maximum atomic E-state index is 7.99. The number of rotatable bonds is 3. The molecule has 0 rings (SSSR count). The first kappa shape index (κ1) is 11.6. The molecule has 9 heavy (non-hydrogen) atoms. The minimum Gasteiger partial charge on any atom is -0.396 e. The molecule has 0 atom stereocenters. The second-order valence-electron chi connectivity index (χ2n) is 1.31. The predicted octanol–water partition coefficient (Wildman–Crippen LogP) is -1.70. The van der Waals surface area contributed by atoms with E-state index in [4.69, 9.17) is 21.1 Å². The van der Waals surface area contributed by atoms with Crippen molar-refractivity contribution < 1.29 is 15.3 Å². The summed E-state index contributed by atoms with van der Waals surface area (Å²) < 4.78 is 0. The smallest absolute Gasteiger partial charge is 0.0662 e. The molecular weight excluding hydrogens is 122 g/mol. The van der Waals surface area contributed by atoms with Crippen molar-refractivity contribution in [3.63, 3.8) is 0 Å². The van der Waals surface area contributed by atoms with Crippen LogP contribution in [0.2, 0.25) is 0 Å². The lowest BCUT2D eigenvalue weighted by atomic mass is 10.5. The summed E-state index contributed by atoms with van der Waals surface area (Å²) in [7, 11) is 0. The summed E-state index contributed by atoms with van der Waals surface area (Å²) in [6, 6.07) is 0. The van der Waals surface area contributed by atoms with Gasteiger partial charge in [-0.3, -0.25) is 0 Å². The summed E-state index contributed by atoms with van der Waals surface area (Å²) in [6.45, 7) is 0.562. The molecule has 0 saturated carbocycles. The van der Waals surface area contributed by atoms with Crippen molar-refractivity contribution in [3.8, 4) is 0 Å². The van der Waals surface area contributed by atoms with Gasteiger partial charge >= 0.3 is 0 Å². The van der Waals surface area contributed by atoms with Crippen LogP contribution in [0.4, 0.5) is 0 Å². The van der Waals surface area contributed by atoms with Crippen LogP contribution in [-0.2, 0) is 0 Å². The topological polar surface area (TPSA) is 86.7 Å². The van der Waals surface area contributed by atoms with Gasteiger partial charge < -0.3 is 21.1 Å². The van der Waals surface area contributed by atoms with Crippen molar-refractivity contribution in [2.45, 2.75) is 6.42 Å². The summed E-state index contributed by atoms with van der Waals surface area (Å²) in [4.78, 5) is 0. The lowest BCUT2D eigenvalue weighted by Gasteiger charge is -1.80. The molecule has 5 N–H and O–H groups in total. The first-order valence-electron chi connectivity index (χ1n) is 2.86. The lowest BCUT2D eigenvalue weighted by molar-refractivity contribution is 0.186. The Labute approximate surface area is 54.9 Å². The van der Waals surface area contributed by atoms with Crippen LogP contribution >= 0.6 is 0 Å². The Hall–Kier alpha value is -0.160. The first-order chi connectivity index (χ1) is 4.33. The molecule has 0 amide bonds. The fraction of sp³-hybridized carbons (Fsp3) is 1.00. The van der Waals surface area contributed by atoms with Crippen molar-refractivity contribution in [2.75, 3.05) is 26.4 Å². The molecule has 0 bridgehead atoms. The Kier molecular flexibility index (Phi) is 20.2. The van der Waals surface area contributed by atoms with Gasteiger partial charge in [-0.25, -0.2) is 0 Å². The number of aliphatic hydroxyl groups excluding tert-OH is 3. The van der Waals surface area contributed by atoms with Gasteiger partial charge in [-0.15, -0.1) is 0 Å². The van der Waals surface area contributed by atoms with E-state index < -0.39 is 0 Å². The average molecular weight is 137 g/mol. The summed E-state index contributed by atoms with van der Waals surface area (Å²) in [5.74, 6) is 0.